The predicted molar refractivity (Wildman–Crippen MR) is 108 cm³/mol. The van der Waals surface area contributed by atoms with E-state index in [1.807, 2.05) is 78.9 Å². The highest BCUT2D eigenvalue weighted by Gasteiger charge is 2.24. The molecular formula is C23H20N2O2. The Kier molecular flexibility index (Phi) is 4.62. The maximum atomic E-state index is 13.5. The van der Waals surface area contributed by atoms with E-state index in [-0.39, 0.29) is 5.78 Å². The van der Waals surface area contributed by atoms with E-state index in [1.54, 1.807) is 13.3 Å². The van der Waals surface area contributed by atoms with Gasteiger partial charge in [-0.3, -0.25) is 4.79 Å². The molecule has 0 bridgehead atoms. The summed E-state index contributed by atoms with van der Waals surface area (Å²) >= 11 is 0. The van der Waals surface area contributed by atoms with Gasteiger partial charge >= 0.3 is 0 Å². The summed E-state index contributed by atoms with van der Waals surface area (Å²) in [5.74, 6) is 0.757. The molecule has 1 atom stereocenters. The van der Waals surface area contributed by atoms with E-state index in [1.165, 1.54) is 0 Å². The second kappa shape index (κ2) is 7.38. The quantitative estimate of drug-likeness (QED) is 0.466. The Morgan fingerprint density at radius 2 is 1.74 bits per heavy atom. The molecule has 0 spiro atoms. The van der Waals surface area contributed by atoms with Crippen molar-refractivity contribution in [2.45, 2.75) is 6.04 Å². The van der Waals surface area contributed by atoms with Gasteiger partial charge in [0.05, 0.1) is 7.11 Å². The van der Waals surface area contributed by atoms with Crippen molar-refractivity contribution < 1.29 is 9.53 Å². The molecule has 27 heavy (non-hydrogen) atoms. The lowest BCUT2D eigenvalue weighted by molar-refractivity contribution is 0.0971. The van der Waals surface area contributed by atoms with Crippen molar-refractivity contribution in [3.8, 4) is 5.75 Å². The van der Waals surface area contributed by atoms with Gasteiger partial charge in [0.15, 0.2) is 5.78 Å². The lowest BCUT2D eigenvalue weighted by atomic mass is 9.96. The fraction of sp³-hybridized carbons (Fsp3) is 0.0870. The number of Topliss-reactive ketones (excluding diaryl/α,β-unsaturated/α-hetero) is 1. The van der Waals surface area contributed by atoms with Gasteiger partial charge in [0.25, 0.3) is 0 Å². The zero-order valence-corrected chi connectivity index (χ0v) is 15.0. The summed E-state index contributed by atoms with van der Waals surface area (Å²) in [5.41, 5.74) is 3.37. The molecule has 0 fully saturated rings. The minimum absolute atomic E-state index is 0.0152. The zero-order valence-electron chi connectivity index (χ0n) is 15.0. The number of aromatic amines is 1. The molecule has 0 aliphatic heterocycles. The smallest absolute Gasteiger partial charge is 0.191 e. The molecule has 2 N–H and O–H groups in total. The van der Waals surface area contributed by atoms with Crippen LogP contribution in [0, 0.1) is 0 Å². The number of anilines is 1. The molecule has 4 rings (SSSR count). The molecule has 0 amide bonds. The summed E-state index contributed by atoms with van der Waals surface area (Å²) in [6.45, 7) is 0. The van der Waals surface area contributed by atoms with Crippen LogP contribution in [0.2, 0.25) is 0 Å². The van der Waals surface area contributed by atoms with Gasteiger partial charge in [0.2, 0.25) is 0 Å². The maximum Gasteiger partial charge on any atom is 0.191 e. The highest BCUT2D eigenvalue weighted by atomic mass is 16.5. The van der Waals surface area contributed by atoms with Crippen molar-refractivity contribution in [3.63, 3.8) is 0 Å². The van der Waals surface area contributed by atoms with Crippen LogP contribution in [0.3, 0.4) is 0 Å². The number of hydrogen-bond acceptors (Lipinski definition) is 3. The van der Waals surface area contributed by atoms with Gasteiger partial charge in [-0.05, 0) is 23.8 Å². The van der Waals surface area contributed by atoms with Crippen molar-refractivity contribution in [1.29, 1.82) is 0 Å². The number of para-hydroxylation sites is 1. The average molecular weight is 356 g/mol. The van der Waals surface area contributed by atoms with Crippen LogP contribution in [-0.2, 0) is 0 Å². The standard InChI is InChI=1S/C23H20N2O2/c1-27-18-11-7-10-17(14-18)25-22(16-8-3-2-4-9-16)23(26)20-15-24-21-13-6-5-12-19(20)21/h2-15,22,24-25H,1H3/t22-/m1/s1. The zero-order chi connectivity index (χ0) is 18.6. The molecule has 4 aromatic rings. The fourth-order valence-electron chi connectivity index (χ4n) is 3.26. The first-order valence-corrected chi connectivity index (χ1v) is 8.82. The second-order valence-corrected chi connectivity index (χ2v) is 6.33. The summed E-state index contributed by atoms with van der Waals surface area (Å²) in [4.78, 5) is 16.7. The lowest BCUT2D eigenvalue weighted by Crippen LogP contribution is -2.21. The summed E-state index contributed by atoms with van der Waals surface area (Å²) < 4.78 is 5.30. The van der Waals surface area contributed by atoms with Gasteiger partial charge < -0.3 is 15.0 Å². The fourth-order valence-corrected chi connectivity index (χ4v) is 3.26. The number of benzene rings is 3. The first-order chi connectivity index (χ1) is 13.3. The molecule has 1 heterocycles. The Balaban J connectivity index is 1.74. The number of carbonyl (C=O) groups excluding carboxylic acids is 1. The average Bonchev–Trinajstić information content (AvgIpc) is 3.16. The van der Waals surface area contributed by atoms with Crippen molar-refractivity contribution >= 4 is 22.4 Å². The van der Waals surface area contributed by atoms with Crippen LogP contribution in [0.5, 0.6) is 5.75 Å². The number of ketones is 1. The van der Waals surface area contributed by atoms with Crippen LogP contribution in [0.4, 0.5) is 5.69 Å². The Morgan fingerprint density at radius 3 is 2.56 bits per heavy atom. The van der Waals surface area contributed by atoms with E-state index in [2.05, 4.69) is 10.3 Å². The molecule has 0 aliphatic rings. The van der Waals surface area contributed by atoms with Crippen LogP contribution in [-0.4, -0.2) is 17.9 Å². The number of H-pyrrole nitrogens is 1. The Bertz CT molecular complexity index is 1070. The molecule has 4 heteroatoms. The Labute approximate surface area is 157 Å². The number of carbonyl (C=O) groups is 1. The summed E-state index contributed by atoms with van der Waals surface area (Å²) in [6, 6.07) is 24.7. The van der Waals surface area contributed by atoms with Crippen LogP contribution in [0.25, 0.3) is 10.9 Å². The molecule has 134 valence electrons. The third kappa shape index (κ3) is 3.42. The maximum absolute atomic E-state index is 13.5. The van der Waals surface area contributed by atoms with E-state index in [0.29, 0.717) is 5.56 Å². The normalized spacial score (nSPS) is 11.9. The van der Waals surface area contributed by atoms with E-state index in [0.717, 1.165) is 27.9 Å². The van der Waals surface area contributed by atoms with Crippen molar-refractivity contribution in [2.24, 2.45) is 0 Å². The minimum atomic E-state index is -0.502. The SMILES string of the molecule is COc1cccc(N[C@@H](C(=O)c2c[nH]c3ccccc23)c2ccccc2)c1. The Hall–Kier alpha value is -3.53. The lowest BCUT2D eigenvalue weighted by Gasteiger charge is -2.19. The van der Waals surface area contributed by atoms with Gasteiger partial charge in [0, 0.05) is 34.4 Å². The number of hydrogen-bond donors (Lipinski definition) is 2. The summed E-state index contributed by atoms with van der Waals surface area (Å²) in [6.07, 6.45) is 1.79. The number of aromatic nitrogens is 1. The first-order valence-electron chi connectivity index (χ1n) is 8.82. The number of nitrogens with one attached hydrogen (secondary N) is 2. The molecule has 0 saturated heterocycles. The van der Waals surface area contributed by atoms with E-state index < -0.39 is 6.04 Å². The first kappa shape index (κ1) is 16.9. The van der Waals surface area contributed by atoms with Crippen LogP contribution in [0.15, 0.2) is 85.1 Å². The summed E-state index contributed by atoms with van der Waals surface area (Å²) in [7, 11) is 1.63. The third-order valence-corrected chi connectivity index (χ3v) is 4.63. The number of methoxy groups -OCH3 is 1. The van der Waals surface area contributed by atoms with Crippen LogP contribution in [0.1, 0.15) is 22.0 Å². The van der Waals surface area contributed by atoms with E-state index in [4.69, 9.17) is 4.74 Å². The van der Waals surface area contributed by atoms with Gasteiger partial charge in [-0.2, -0.15) is 0 Å². The molecule has 4 nitrogen and oxygen atoms in total. The summed E-state index contributed by atoms with van der Waals surface area (Å²) in [5, 5.41) is 4.31. The van der Waals surface area contributed by atoms with E-state index >= 15 is 0 Å². The molecule has 0 unspecified atom stereocenters. The number of ether oxygens (including phenoxy) is 1. The monoisotopic (exact) mass is 356 g/mol. The van der Waals surface area contributed by atoms with Gasteiger partial charge in [0.1, 0.15) is 11.8 Å². The van der Waals surface area contributed by atoms with E-state index in [9.17, 15) is 4.79 Å². The van der Waals surface area contributed by atoms with Crippen LogP contribution < -0.4 is 10.1 Å². The van der Waals surface area contributed by atoms with Gasteiger partial charge in [-0.15, -0.1) is 0 Å². The molecular weight excluding hydrogens is 336 g/mol. The predicted octanol–water partition coefficient (Wildman–Crippen LogP) is 5.21. The molecule has 3 aromatic carbocycles. The number of fused-ring (bicyclic) bond motifs is 1. The molecule has 1 aromatic heterocycles. The van der Waals surface area contributed by atoms with Crippen molar-refractivity contribution in [3.05, 3.63) is 96.2 Å². The molecule has 0 saturated carbocycles. The highest BCUT2D eigenvalue weighted by Crippen LogP contribution is 2.28. The van der Waals surface area contributed by atoms with Crippen molar-refractivity contribution in [2.75, 3.05) is 12.4 Å². The van der Waals surface area contributed by atoms with Gasteiger partial charge in [-0.25, -0.2) is 0 Å². The topological polar surface area (TPSA) is 54.1 Å². The number of rotatable bonds is 6. The molecule has 0 aliphatic carbocycles. The van der Waals surface area contributed by atoms with Crippen LogP contribution >= 0.6 is 0 Å². The van der Waals surface area contributed by atoms with Crippen molar-refractivity contribution in [1.82, 2.24) is 4.98 Å². The minimum Gasteiger partial charge on any atom is -0.497 e. The van der Waals surface area contributed by atoms with Gasteiger partial charge in [-0.1, -0.05) is 54.6 Å². The highest BCUT2D eigenvalue weighted by molar-refractivity contribution is 6.11. The third-order valence-electron chi connectivity index (χ3n) is 4.63. The Morgan fingerprint density at radius 1 is 0.963 bits per heavy atom. The molecule has 0 radical (unpaired) electrons. The largest absolute Gasteiger partial charge is 0.497 e. The second-order valence-electron chi connectivity index (χ2n) is 6.33.